The highest BCUT2D eigenvalue weighted by molar-refractivity contribution is 7.20. The van der Waals surface area contributed by atoms with Gasteiger partial charge in [0, 0.05) is 39.0 Å². The Kier molecular flexibility index (Phi) is 8.50. The number of Topliss-reactive ketones (excluding diaryl/α,β-unsaturated/α-hetero) is 1. The van der Waals surface area contributed by atoms with Crippen LogP contribution in [0.3, 0.4) is 0 Å². The van der Waals surface area contributed by atoms with E-state index < -0.39 is 6.09 Å². The number of fused-ring (bicyclic) bond motifs is 1. The fourth-order valence-electron chi connectivity index (χ4n) is 4.91. The van der Waals surface area contributed by atoms with Crippen LogP contribution >= 0.6 is 11.3 Å². The molecule has 2 aromatic rings. The fraction of sp³-hybridized carbons (Fsp3) is 0.600. The number of carbonyl (C=O) groups excluding carboxylic acids is 2. The number of ketones is 1. The lowest BCUT2D eigenvalue weighted by Gasteiger charge is -2.38. The van der Waals surface area contributed by atoms with E-state index in [4.69, 9.17) is 4.74 Å². The average Bonchev–Trinajstić information content (AvgIpc) is 3.31. The van der Waals surface area contributed by atoms with Gasteiger partial charge in [0.2, 0.25) is 5.91 Å². The number of nitrogens with zero attached hydrogens (tertiary/aromatic N) is 3. The van der Waals surface area contributed by atoms with Crippen LogP contribution in [0, 0.1) is 5.92 Å². The molecule has 1 atom stereocenters. The van der Waals surface area contributed by atoms with Gasteiger partial charge in [0.1, 0.15) is 0 Å². The molecule has 2 amide bonds. The number of hydrogen-bond acceptors (Lipinski definition) is 6. The molecule has 0 bridgehead atoms. The van der Waals surface area contributed by atoms with Gasteiger partial charge in [-0.2, -0.15) is 0 Å². The Balaban J connectivity index is 1.22. The van der Waals surface area contributed by atoms with Crippen molar-refractivity contribution in [2.24, 2.45) is 5.92 Å². The number of morpholine rings is 1. The summed E-state index contributed by atoms with van der Waals surface area (Å²) < 4.78 is 6.92. The van der Waals surface area contributed by atoms with Gasteiger partial charge in [-0.05, 0) is 37.3 Å². The van der Waals surface area contributed by atoms with E-state index in [1.54, 1.807) is 0 Å². The van der Waals surface area contributed by atoms with Gasteiger partial charge in [-0.25, -0.2) is 9.78 Å². The molecule has 2 heterocycles. The third-order valence-electron chi connectivity index (χ3n) is 6.85. The van der Waals surface area contributed by atoms with Gasteiger partial charge >= 0.3 is 6.09 Å². The Morgan fingerprint density at radius 2 is 1.91 bits per heavy atom. The largest absolute Gasteiger partial charge is 0.465 e. The second-order valence-electron chi connectivity index (χ2n) is 9.18. The molecule has 9 heteroatoms. The van der Waals surface area contributed by atoms with E-state index in [2.05, 4.69) is 4.98 Å². The smallest absolute Gasteiger partial charge is 0.407 e. The molecule has 1 saturated heterocycles. The molecular formula is C25H33N3O5S. The number of ether oxygens (including phenoxy) is 1. The SMILES string of the molecule is O=C(CCCN(CCC(=O)N1CCOC(C2CCCCC2)C1)C(=O)O)c1nc2ccccc2s1. The maximum Gasteiger partial charge on any atom is 0.407 e. The Hall–Kier alpha value is -2.52. The van der Waals surface area contributed by atoms with Crippen LogP contribution in [-0.2, 0) is 9.53 Å². The number of para-hydroxylation sites is 1. The first kappa shape index (κ1) is 24.6. The topological polar surface area (TPSA) is 100 Å². The number of carbonyl (C=O) groups is 3. The van der Waals surface area contributed by atoms with Gasteiger partial charge in [0.25, 0.3) is 0 Å². The van der Waals surface area contributed by atoms with Gasteiger partial charge in [-0.1, -0.05) is 31.4 Å². The highest BCUT2D eigenvalue weighted by atomic mass is 32.1. The Morgan fingerprint density at radius 3 is 2.68 bits per heavy atom. The number of benzene rings is 1. The molecule has 1 aromatic carbocycles. The summed E-state index contributed by atoms with van der Waals surface area (Å²) in [5, 5.41) is 10.0. The Morgan fingerprint density at radius 1 is 1.12 bits per heavy atom. The third-order valence-corrected chi connectivity index (χ3v) is 7.93. The second-order valence-corrected chi connectivity index (χ2v) is 10.2. The minimum Gasteiger partial charge on any atom is -0.465 e. The van der Waals surface area contributed by atoms with E-state index in [0.717, 1.165) is 23.1 Å². The lowest BCUT2D eigenvalue weighted by atomic mass is 9.84. The van der Waals surface area contributed by atoms with Crippen LogP contribution in [0.1, 0.15) is 61.2 Å². The zero-order valence-electron chi connectivity index (χ0n) is 19.5. The molecule has 8 nitrogen and oxygen atoms in total. The number of aromatic nitrogens is 1. The summed E-state index contributed by atoms with van der Waals surface area (Å²) in [5.41, 5.74) is 0.801. The molecule has 1 aromatic heterocycles. The summed E-state index contributed by atoms with van der Waals surface area (Å²) in [6.07, 6.45) is 5.87. The molecule has 1 unspecified atom stereocenters. The van der Waals surface area contributed by atoms with E-state index in [9.17, 15) is 19.5 Å². The van der Waals surface area contributed by atoms with Crippen molar-refractivity contribution < 1.29 is 24.2 Å². The summed E-state index contributed by atoms with van der Waals surface area (Å²) in [6.45, 7) is 2.06. The second kappa shape index (κ2) is 11.8. The zero-order chi connectivity index (χ0) is 23.9. The first-order valence-corrected chi connectivity index (χ1v) is 13.1. The molecule has 1 N–H and O–H groups in total. The van der Waals surface area contributed by atoms with E-state index in [0.29, 0.717) is 37.0 Å². The number of carboxylic acid groups (broad SMARTS) is 1. The average molecular weight is 488 g/mol. The summed E-state index contributed by atoms with van der Waals surface area (Å²) in [4.78, 5) is 44.4. The molecule has 34 heavy (non-hydrogen) atoms. The fourth-order valence-corrected chi connectivity index (χ4v) is 5.85. The standard InChI is InChI=1S/C25H33N3O5S/c29-20(24-26-19-9-4-5-11-22(19)34-24)10-6-13-27(25(31)32)14-12-23(30)28-15-16-33-21(17-28)18-7-2-1-3-8-18/h4-5,9,11,18,21H,1-3,6-8,10,12-17H2,(H,31,32). The highest BCUT2D eigenvalue weighted by Gasteiger charge is 2.31. The van der Waals surface area contributed by atoms with E-state index in [1.807, 2.05) is 29.2 Å². The predicted octanol–water partition coefficient (Wildman–Crippen LogP) is 4.44. The van der Waals surface area contributed by atoms with Crippen molar-refractivity contribution in [3.05, 3.63) is 29.3 Å². The molecule has 1 saturated carbocycles. The molecule has 0 spiro atoms. The zero-order valence-corrected chi connectivity index (χ0v) is 20.3. The maximum atomic E-state index is 12.8. The van der Waals surface area contributed by atoms with Gasteiger partial charge in [-0.15, -0.1) is 11.3 Å². The minimum absolute atomic E-state index is 0.0269. The Bertz CT molecular complexity index is 970. The molecule has 2 fully saturated rings. The summed E-state index contributed by atoms with van der Waals surface area (Å²) in [6, 6.07) is 7.60. The monoisotopic (exact) mass is 487 g/mol. The summed E-state index contributed by atoms with van der Waals surface area (Å²) in [7, 11) is 0. The first-order valence-electron chi connectivity index (χ1n) is 12.3. The first-order chi connectivity index (χ1) is 16.5. The van der Waals surface area contributed by atoms with E-state index in [1.165, 1.54) is 35.5 Å². The van der Waals surface area contributed by atoms with E-state index >= 15 is 0 Å². The van der Waals surface area contributed by atoms with Crippen LogP contribution in [-0.4, -0.2) is 76.6 Å². The lowest BCUT2D eigenvalue weighted by molar-refractivity contribution is -0.141. The molecule has 2 aliphatic rings. The number of amides is 2. The normalized spacial score (nSPS) is 19.3. The van der Waals surface area contributed by atoms with Crippen molar-refractivity contribution >= 4 is 39.3 Å². The summed E-state index contributed by atoms with van der Waals surface area (Å²) in [5.74, 6) is 0.415. The molecule has 0 radical (unpaired) electrons. The van der Waals surface area contributed by atoms with Gasteiger partial charge in [0.15, 0.2) is 10.8 Å². The molecule has 184 valence electrons. The van der Waals surface area contributed by atoms with Gasteiger partial charge in [-0.3, -0.25) is 9.59 Å². The predicted molar refractivity (Wildman–Crippen MR) is 130 cm³/mol. The van der Waals surface area contributed by atoms with E-state index in [-0.39, 0.29) is 43.7 Å². The van der Waals surface area contributed by atoms with Crippen molar-refractivity contribution in [2.45, 2.75) is 57.5 Å². The molecular weight excluding hydrogens is 454 g/mol. The van der Waals surface area contributed by atoms with Crippen LogP contribution in [0.15, 0.2) is 24.3 Å². The number of hydrogen-bond donors (Lipinski definition) is 1. The van der Waals surface area contributed by atoms with Gasteiger partial charge < -0.3 is 19.6 Å². The third kappa shape index (κ3) is 6.33. The lowest BCUT2D eigenvalue weighted by Crippen LogP contribution is -2.49. The minimum atomic E-state index is -1.07. The quantitative estimate of drug-likeness (QED) is 0.525. The van der Waals surface area contributed by atoms with Crippen molar-refractivity contribution in [3.8, 4) is 0 Å². The number of thiazole rings is 1. The maximum absolute atomic E-state index is 12.8. The molecule has 1 aliphatic carbocycles. The van der Waals surface area contributed by atoms with Crippen molar-refractivity contribution in [2.75, 3.05) is 32.8 Å². The molecule has 1 aliphatic heterocycles. The van der Waals surface area contributed by atoms with Gasteiger partial charge in [0.05, 0.1) is 22.9 Å². The van der Waals surface area contributed by atoms with Crippen LogP contribution in [0.4, 0.5) is 4.79 Å². The molecule has 4 rings (SSSR count). The Labute approximate surface area is 203 Å². The van der Waals surface area contributed by atoms with Crippen molar-refractivity contribution in [3.63, 3.8) is 0 Å². The number of rotatable bonds is 9. The van der Waals surface area contributed by atoms with Crippen LogP contribution in [0.2, 0.25) is 0 Å². The van der Waals surface area contributed by atoms with Crippen LogP contribution in [0.5, 0.6) is 0 Å². The van der Waals surface area contributed by atoms with Crippen LogP contribution < -0.4 is 0 Å². The van der Waals surface area contributed by atoms with Crippen molar-refractivity contribution in [1.29, 1.82) is 0 Å². The highest BCUT2D eigenvalue weighted by Crippen LogP contribution is 2.29. The van der Waals surface area contributed by atoms with Crippen molar-refractivity contribution in [1.82, 2.24) is 14.8 Å². The summed E-state index contributed by atoms with van der Waals surface area (Å²) >= 11 is 1.36. The van der Waals surface area contributed by atoms with Crippen LogP contribution in [0.25, 0.3) is 10.2 Å².